The molecule has 13 N–H and O–H groups in total. The fourth-order valence-corrected chi connectivity index (χ4v) is 4.18. The molecule has 0 spiro atoms. The van der Waals surface area contributed by atoms with Gasteiger partial charge in [-0.15, -0.1) is 0 Å². The second-order valence-corrected chi connectivity index (χ2v) is 11.1. The highest BCUT2D eigenvalue weighted by Gasteiger charge is 2.33. The molecule has 0 radical (unpaired) electrons. The van der Waals surface area contributed by atoms with Gasteiger partial charge in [-0.1, -0.05) is 13.8 Å². The number of carboxylic acids is 1. The van der Waals surface area contributed by atoms with Crippen molar-refractivity contribution >= 4 is 53.2 Å². The Balaban J connectivity index is 5.93. The van der Waals surface area contributed by atoms with Gasteiger partial charge in [0.15, 0.2) is 0 Å². The van der Waals surface area contributed by atoms with Crippen LogP contribution in [-0.4, -0.2) is 95.3 Å². The predicted octanol–water partition coefficient (Wildman–Crippen LogP) is -2.98. The molecule has 0 bridgehead atoms. The van der Waals surface area contributed by atoms with Crippen LogP contribution >= 0.6 is 11.8 Å². The summed E-state index contributed by atoms with van der Waals surface area (Å²) in [5.74, 6) is -6.26. The Bertz CT molecular complexity index is 951. The first-order valence-corrected chi connectivity index (χ1v) is 15.0. The van der Waals surface area contributed by atoms with Crippen molar-refractivity contribution in [2.75, 3.05) is 18.6 Å². The fraction of sp³-hybridized carbons (Fsp3) is 0.720. The van der Waals surface area contributed by atoms with Crippen molar-refractivity contribution in [1.29, 1.82) is 0 Å². The number of carbonyl (C=O) groups is 7. The SMILES string of the molecule is CSCC[C@H](N)C(=O)N[C@@H](CCCCN)C(=O)N[C@@H](CCC(N)=O)C(=O)N[C@@H](CC(N)=O)C(=O)N[C@H](C(=O)O)C(C)C. The molecule has 0 saturated carbocycles. The molecule has 5 atom stereocenters. The van der Waals surface area contributed by atoms with Crippen molar-refractivity contribution in [2.45, 2.75) is 89.0 Å². The molecule has 0 aliphatic carbocycles. The van der Waals surface area contributed by atoms with Crippen LogP contribution < -0.4 is 44.2 Å². The predicted molar refractivity (Wildman–Crippen MR) is 156 cm³/mol. The number of carboxylic acid groups (broad SMARTS) is 1. The summed E-state index contributed by atoms with van der Waals surface area (Å²) in [7, 11) is 0. The van der Waals surface area contributed by atoms with Gasteiger partial charge in [0, 0.05) is 6.42 Å². The third-order valence-electron chi connectivity index (χ3n) is 6.13. The van der Waals surface area contributed by atoms with E-state index in [9.17, 15) is 38.7 Å². The van der Waals surface area contributed by atoms with E-state index in [1.165, 1.54) is 11.8 Å². The van der Waals surface area contributed by atoms with Crippen molar-refractivity contribution in [3.05, 3.63) is 0 Å². The number of unbranched alkanes of at least 4 members (excludes halogenated alkanes) is 1. The summed E-state index contributed by atoms with van der Waals surface area (Å²) < 4.78 is 0. The van der Waals surface area contributed by atoms with Gasteiger partial charge in [0.2, 0.25) is 35.4 Å². The molecular weight excluding hydrogens is 572 g/mol. The largest absolute Gasteiger partial charge is 0.480 e. The molecule has 42 heavy (non-hydrogen) atoms. The second-order valence-electron chi connectivity index (χ2n) is 10.1. The molecule has 240 valence electrons. The smallest absolute Gasteiger partial charge is 0.326 e. The molecule has 0 aromatic heterocycles. The van der Waals surface area contributed by atoms with Crippen LogP contribution in [0.3, 0.4) is 0 Å². The lowest BCUT2D eigenvalue weighted by atomic mass is 10.0. The zero-order chi connectivity index (χ0) is 32.4. The van der Waals surface area contributed by atoms with Crippen LogP contribution in [0.4, 0.5) is 0 Å². The van der Waals surface area contributed by atoms with Crippen LogP contribution in [0.5, 0.6) is 0 Å². The number of rotatable bonds is 22. The Morgan fingerprint density at radius 1 is 0.738 bits per heavy atom. The van der Waals surface area contributed by atoms with Gasteiger partial charge in [0.05, 0.1) is 12.5 Å². The van der Waals surface area contributed by atoms with Crippen LogP contribution in [0.15, 0.2) is 0 Å². The van der Waals surface area contributed by atoms with E-state index in [1.54, 1.807) is 13.8 Å². The van der Waals surface area contributed by atoms with Gasteiger partial charge >= 0.3 is 5.97 Å². The van der Waals surface area contributed by atoms with E-state index in [2.05, 4.69) is 21.3 Å². The summed E-state index contributed by atoms with van der Waals surface area (Å²) in [6.07, 6.45) is 2.14. The third kappa shape index (κ3) is 15.5. The lowest BCUT2D eigenvalue weighted by molar-refractivity contribution is -0.143. The molecule has 0 aromatic carbocycles. The summed E-state index contributed by atoms with van der Waals surface area (Å²) >= 11 is 1.50. The van der Waals surface area contributed by atoms with Gasteiger partial charge in [-0.3, -0.25) is 28.8 Å². The van der Waals surface area contributed by atoms with Crippen LogP contribution in [-0.2, 0) is 33.6 Å². The normalized spacial score (nSPS) is 14.5. The third-order valence-corrected chi connectivity index (χ3v) is 6.77. The molecule has 0 fully saturated rings. The summed E-state index contributed by atoms with van der Waals surface area (Å²) in [5, 5.41) is 19.0. The minimum Gasteiger partial charge on any atom is -0.480 e. The van der Waals surface area contributed by atoms with E-state index in [4.69, 9.17) is 22.9 Å². The van der Waals surface area contributed by atoms with Gasteiger partial charge in [0.25, 0.3) is 0 Å². The molecule has 17 heteroatoms. The highest BCUT2D eigenvalue weighted by Crippen LogP contribution is 2.08. The minimum absolute atomic E-state index is 0.173. The zero-order valence-corrected chi connectivity index (χ0v) is 25.2. The van der Waals surface area contributed by atoms with Crippen molar-refractivity contribution in [3.8, 4) is 0 Å². The second kappa shape index (κ2) is 20.4. The first-order chi connectivity index (χ1) is 19.6. The highest BCUT2D eigenvalue weighted by molar-refractivity contribution is 7.98. The molecule has 0 aliphatic rings. The van der Waals surface area contributed by atoms with Crippen LogP contribution in [0.1, 0.15) is 58.8 Å². The molecule has 0 rings (SSSR count). The molecule has 6 amide bonds. The maximum atomic E-state index is 13.2. The van der Waals surface area contributed by atoms with Crippen molar-refractivity contribution < 1.29 is 38.7 Å². The summed E-state index contributed by atoms with van der Waals surface area (Å²) in [6, 6.07) is -6.30. The molecule has 0 aromatic rings. The van der Waals surface area contributed by atoms with E-state index in [1.807, 2.05) is 6.26 Å². The Morgan fingerprint density at radius 2 is 1.26 bits per heavy atom. The zero-order valence-electron chi connectivity index (χ0n) is 24.4. The minimum atomic E-state index is -1.59. The lowest BCUT2D eigenvalue weighted by Gasteiger charge is -2.26. The number of hydrogen-bond acceptors (Lipinski definition) is 10. The number of primary amides is 2. The average molecular weight is 619 g/mol. The first kappa shape index (κ1) is 38.6. The molecule has 0 aliphatic heterocycles. The maximum Gasteiger partial charge on any atom is 0.326 e. The Labute approximate surface area is 249 Å². The lowest BCUT2D eigenvalue weighted by Crippen LogP contribution is -2.59. The number of thioether (sulfide) groups is 1. The first-order valence-electron chi connectivity index (χ1n) is 13.6. The number of nitrogens with two attached hydrogens (primary N) is 4. The quantitative estimate of drug-likeness (QED) is 0.0551. The van der Waals surface area contributed by atoms with E-state index in [0.29, 0.717) is 31.6 Å². The average Bonchev–Trinajstić information content (AvgIpc) is 2.90. The summed E-state index contributed by atoms with van der Waals surface area (Å²) in [4.78, 5) is 86.5. The maximum absolute atomic E-state index is 13.2. The number of nitrogens with one attached hydrogen (secondary N) is 4. The summed E-state index contributed by atoms with van der Waals surface area (Å²) in [6.45, 7) is 3.45. The highest BCUT2D eigenvalue weighted by atomic mass is 32.2. The number of carbonyl (C=O) groups excluding carboxylic acids is 6. The van der Waals surface area contributed by atoms with Crippen molar-refractivity contribution in [3.63, 3.8) is 0 Å². The van der Waals surface area contributed by atoms with E-state index >= 15 is 0 Å². The summed E-state index contributed by atoms with van der Waals surface area (Å²) in [5.41, 5.74) is 21.9. The monoisotopic (exact) mass is 618 g/mol. The Hall–Kier alpha value is -3.44. The van der Waals surface area contributed by atoms with Gasteiger partial charge in [-0.25, -0.2) is 4.79 Å². The Morgan fingerprint density at radius 3 is 1.74 bits per heavy atom. The van der Waals surface area contributed by atoms with Crippen molar-refractivity contribution in [2.24, 2.45) is 28.9 Å². The molecule has 16 nitrogen and oxygen atoms in total. The molecule has 0 saturated heterocycles. The number of amides is 6. The fourth-order valence-electron chi connectivity index (χ4n) is 3.69. The van der Waals surface area contributed by atoms with E-state index in [-0.39, 0.29) is 19.3 Å². The molecule has 0 unspecified atom stereocenters. The van der Waals surface area contributed by atoms with E-state index < -0.39 is 84.0 Å². The van der Waals surface area contributed by atoms with E-state index in [0.717, 1.165) is 0 Å². The number of hydrogen-bond donors (Lipinski definition) is 9. The van der Waals surface area contributed by atoms with Gasteiger partial charge < -0.3 is 49.3 Å². The topological polar surface area (TPSA) is 292 Å². The van der Waals surface area contributed by atoms with Gasteiger partial charge in [-0.05, 0) is 56.6 Å². The van der Waals surface area contributed by atoms with Crippen LogP contribution in [0.25, 0.3) is 0 Å². The van der Waals surface area contributed by atoms with Gasteiger partial charge in [-0.2, -0.15) is 11.8 Å². The van der Waals surface area contributed by atoms with Crippen LogP contribution in [0.2, 0.25) is 0 Å². The standard InChI is InChI=1S/C25H46N8O8S/c1-13(2)20(25(40)41)33-24(39)17(12-19(29)35)32-23(38)16(7-8-18(28)34)31-22(37)15(6-4-5-10-26)30-21(36)14(27)9-11-42-3/h13-17,20H,4-12,26-27H2,1-3H3,(H2,28,34)(H2,29,35)(H,30,36)(H,31,37)(H,32,38)(H,33,39)(H,40,41)/t14-,15-,16-,17-,20-/m0/s1. The molecule has 0 heterocycles. The Kier molecular flexibility index (Phi) is 18.8. The van der Waals surface area contributed by atoms with Gasteiger partial charge in [0.1, 0.15) is 24.2 Å². The van der Waals surface area contributed by atoms with Crippen LogP contribution in [0, 0.1) is 5.92 Å². The molecular formula is C25H46N8O8S. The van der Waals surface area contributed by atoms with Crippen molar-refractivity contribution in [1.82, 2.24) is 21.3 Å². The number of aliphatic carboxylic acids is 1.